The van der Waals surface area contributed by atoms with Gasteiger partial charge >= 0.3 is 11.9 Å². The van der Waals surface area contributed by atoms with Gasteiger partial charge in [0, 0.05) is 12.2 Å². The van der Waals surface area contributed by atoms with Crippen LogP contribution in [0.15, 0.2) is 23.3 Å². The van der Waals surface area contributed by atoms with Crippen LogP contribution in [0.25, 0.3) is 0 Å². The van der Waals surface area contributed by atoms with Crippen molar-refractivity contribution in [2.45, 2.75) is 26.7 Å². The zero-order chi connectivity index (χ0) is 11.1. The number of aliphatic carboxylic acids is 2. The van der Waals surface area contributed by atoms with Gasteiger partial charge in [-0.1, -0.05) is 11.1 Å². The summed E-state index contributed by atoms with van der Waals surface area (Å²) in [6.07, 6.45) is 3.41. The fourth-order valence-corrected chi connectivity index (χ4v) is 0.960. The van der Waals surface area contributed by atoms with E-state index in [-0.39, 0.29) is 0 Å². The fraction of sp³-hybridized carbons (Fsp3) is 0.400. The van der Waals surface area contributed by atoms with Crippen LogP contribution in [-0.4, -0.2) is 22.2 Å². The minimum atomic E-state index is -0.970. The van der Waals surface area contributed by atoms with Gasteiger partial charge in [-0.3, -0.25) is 0 Å². The molecule has 0 amide bonds. The first-order valence-electron chi connectivity index (χ1n) is 4.22. The molecular formula is C10H14O4. The van der Waals surface area contributed by atoms with Gasteiger partial charge in [-0.15, -0.1) is 0 Å². The lowest BCUT2D eigenvalue weighted by Gasteiger charge is -2.00. The maximum Gasteiger partial charge on any atom is 0.328 e. The summed E-state index contributed by atoms with van der Waals surface area (Å²) >= 11 is 0. The van der Waals surface area contributed by atoms with Crippen LogP contribution in [-0.2, 0) is 9.59 Å². The van der Waals surface area contributed by atoms with Crippen LogP contribution in [0.5, 0.6) is 0 Å². The molecule has 0 aromatic carbocycles. The summed E-state index contributed by atoms with van der Waals surface area (Å²) in [5.41, 5.74) is 1.46. The van der Waals surface area contributed by atoms with Gasteiger partial charge in [-0.2, -0.15) is 0 Å². The second-order valence-electron chi connectivity index (χ2n) is 3.16. The standard InChI is InChI=1S/C10H14O4/c1-7(5-9(11)12)3-4-8(2)6-10(13)14/h5-6H,3-4H2,1-2H3,(H,11,12)(H,13,14)/b7-5-,8-6+. The second kappa shape index (κ2) is 5.96. The van der Waals surface area contributed by atoms with Crippen LogP contribution < -0.4 is 0 Å². The third-order valence-electron chi connectivity index (χ3n) is 1.65. The van der Waals surface area contributed by atoms with Gasteiger partial charge in [0.25, 0.3) is 0 Å². The van der Waals surface area contributed by atoms with E-state index in [1.807, 2.05) is 0 Å². The Balaban J connectivity index is 4.07. The zero-order valence-corrected chi connectivity index (χ0v) is 8.28. The average molecular weight is 198 g/mol. The third-order valence-corrected chi connectivity index (χ3v) is 1.65. The van der Waals surface area contributed by atoms with E-state index in [4.69, 9.17) is 10.2 Å². The van der Waals surface area contributed by atoms with Gasteiger partial charge in [0.1, 0.15) is 0 Å². The Labute approximate surface area is 82.6 Å². The number of carboxylic acids is 2. The van der Waals surface area contributed by atoms with Crippen LogP contribution in [0.2, 0.25) is 0 Å². The minimum absolute atomic E-state index is 0.571. The molecule has 0 aliphatic heterocycles. The quantitative estimate of drug-likeness (QED) is 0.661. The van der Waals surface area contributed by atoms with Gasteiger partial charge in [0.2, 0.25) is 0 Å². The largest absolute Gasteiger partial charge is 0.478 e. The minimum Gasteiger partial charge on any atom is -0.478 e. The van der Waals surface area contributed by atoms with Crippen molar-refractivity contribution in [3.63, 3.8) is 0 Å². The second-order valence-corrected chi connectivity index (χ2v) is 3.16. The van der Waals surface area contributed by atoms with Crippen molar-refractivity contribution in [2.75, 3.05) is 0 Å². The number of rotatable bonds is 5. The summed E-state index contributed by atoms with van der Waals surface area (Å²) < 4.78 is 0. The lowest BCUT2D eigenvalue weighted by atomic mass is 10.1. The average Bonchev–Trinajstić information content (AvgIpc) is 1.98. The highest BCUT2D eigenvalue weighted by Crippen LogP contribution is 2.10. The number of allylic oxidation sites excluding steroid dienone is 2. The maximum atomic E-state index is 10.2. The van der Waals surface area contributed by atoms with E-state index in [1.165, 1.54) is 0 Å². The van der Waals surface area contributed by atoms with E-state index in [0.29, 0.717) is 12.8 Å². The molecule has 0 spiro atoms. The maximum absolute atomic E-state index is 10.2. The van der Waals surface area contributed by atoms with E-state index in [0.717, 1.165) is 23.3 Å². The van der Waals surface area contributed by atoms with E-state index < -0.39 is 11.9 Å². The van der Waals surface area contributed by atoms with Crippen LogP contribution in [0.1, 0.15) is 26.7 Å². The van der Waals surface area contributed by atoms with Gasteiger partial charge in [-0.05, 0) is 26.7 Å². The Bertz CT molecular complexity index is 256. The molecule has 78 valence electrons. The van der Waals surface area contributed by atoms with Crippen molar-refractivity contribution in [1.82, 2.24) is 0 Å². The molecule has 0 aromatic rings. The molecule has 0 heterocycles. The Morgan fingerprint density at radius 1 is 0.929 bits per heavy atom. The normalized spacial score (nSPS) is 12.7. The molecule has 2 N–H and O–H groups in total. The van der Waals surface area contributed by atoms with Crippen LogP contribution in [0.4, 0.5) is 0 Å². The first kappa shape index (κ1) is 12.4. The zero-order valence-electron chi connectivity index (χ0n) is 8.28. The Morgan fingerprint density at radius 3 is 1.43 bits per heavy atom. The molecule has 0 fully saturated rings. The number of hydrogen-bond donors (Lipinski definition) is 2. The van der Waals surface area contributed by atoms with Gasteiger partial charge < -0.3 is 10.2 Å². The molecule has 0 rings (SSSR count). The monoisotopic (exact) mass is 198 g/mol. The molecule has 0 radical (unpaired) electrons. The van der Waals surface area contributed by atoms with Crippen molar-refractivity contribution in [2.24, 2.45) is 0 Å². The van der Waals surface area contributed by atoms with Crippen molar-refractivity contribution >= 4 is 11.9 Å². The van der Waals surface area contributed by atoms with E-state index >= 15 is 0 Å². The van der Waals surface area contributed by atoms with Crippen LogP contribution in [0.3, 0.4) is 0 Å². The molecule has 0 aromatic heterocycles. The summed E-state index contributed by atoms with van der Waals surface area (Å²) in [4.78, 5) is 20.5. The molecule has 0 aliphatic carbocycles. The van der Waals surface area contributed by atoms with E-state index in [1.54, 1.807) is 13.8 Å². The fourth-order valence-electron chi connectivity index (χ4n) is 0.960. The van der Waals surface area contributed by atoms with Crippen LogP contribution >= 0.6 is 0 Å². The summed E-state index contributed by atoms with van der Waals surface area (Å²) in [6.45, 7) is 3.42. The summed E-state index contributed by atoms with van der Waals surface area (Å²) in [6, 6.07) is 0. The highest BCUT2D eigenvalue weighted by atomic mass is 16.4. The molecule has 4 heteroatoms. The molecule has 0 aliphatic rings. The Morgan fingerprint density at radius 2 is 1.21 bits per heavy atom. The van der Waals surface area contributed by atoms with Gasteiger partial charge in [-0.25, -0.2) is 9.59 Å². The smallest absolute Gasteiger partial charge is 0.328 e. The first-order chi connectivity index (χ1) is 6.41. The Hall–Kier alpha value is -1.58. The van der Waals surface area contributed by atoms with Crippen molar-refractivity contribution in [3.05, 3.63) is 23.3 Å². The predicted molar refractivity (Wildman–Crippen MR) is 52.0 cm³/mol. The lowest BCUT2D eigenvalue weighted by Crippen LogP contribution is -1.92. The molecule has 4 nitrogen and oxygen atoms in total. The topological polar surface area (TPSA) is 74.6 Å². The van der Waals surface area contributed by atoms with Gasteiger partial charge in [0.15, 0.2) is 0 Å². The molecular weight excluding hydrogens is 184 g/mol. The SMILES string of the molecule is C/C(=C/C(=O)O)CC/C(C)=C/C(=O)O. The van der Waals surface area contributed by atoms with Crippen molar-refractivity contribution < 1.29 is 19.8 Å². The highest BCUT2D eigenvalue weighted by Gasteiger charge is 1.97. The van der Waals surface area contributed by atoms with Crippen molar-refractivity contribution in [1.29, 1.82) is 0 Å². The third kappa shape index (κ3) is 7.09. The van der Waals surface area contributed by atoms with E-state index in [9.17, 15) is 9.59 Å². The lowest BCUT2D eigenvalue weighted by molar-refractivity contribution is -0.132. The summed E-state index contributed by atoms with van der Waals surface area (Å²) in [5, 5.41) is 16.8. The number of carboxylic acid groups (broad SMARTS) is 2. The number of carbonyl (C=O) groups is 2. The number of hydrogen-bond acceptors (Lipinski definition) is 2. The first-order valence-corrected chi connectivity index (χ1v) is 4.22. The molecule has 0 atom stereocenters. The molecule has 0 saturated carbocycles. The highest BCUT2D eigenvalue weighted by molar-refractivity contribution is 5.81. The molecule has 0 bridgehead atoms. The Kier molecular flexibility index (Phi) is 5.29. The van der Waals surface area contributed by atoms with E-state index in [2.05, 4.69) is 0 Å². The molecule has 0 saturated heterocycles. The van der Waals surface area contributed by atoms with Crippen LogP contribution in [0, 0.1) is 0 Å². The summed E-state index contributed by atoms with van der Waals surface area (Å²) in [5.74, 6) is -1.94. The molecule has 0 unspecified atom stereocenters. The predicted octanol–water partition coefficient (Wildman–Crippen LogP) is 1.83. The van der Waals surface area contributed by atoms with Gasteiger partial charge in [0.05, 0.1) is 0 Å². The van der Waals surface area contributed by atoms with Crippen molar-refractivity contribution in [3.8, 4) is 0 Å². The summed E-state index contributed by atoms with van der Waals surface area (Å²) in [7, 11) is 0. The molecule has 14 heavy (non-hydrogen) atoms.